The van der Waals surface area contributed by atoms with Gasteiger partial charge in [-0.3, -0.25) is 0 Å². The highest BCUT2D eigenvalue weighted by molar-refractivity contribution is 5.34. The van der Waals surface area contributed by atoms with E-state index in [9.17, 15) is 0 Å². The first-order valence-corrected chi connectivity index (χ1v) is 5.71. The maximum absolute atomic E-state index is 5.71. The average molecular weight is 228 g/mol. The molecule has 0 radical (unpaired) electrons. The molecule has 0 amide bonds. The molecule has 0 fully saturated rings. The third-order valence-electron chi connectivity index (χ3n) is 2.42. The molecule has 0 aliphatic rings. The zero-order valence-corrected chi connectivity index (χ0v) is 10.9. The summed E-state index contributed by atoms with van der Waals surface area (Å²) in [6.07, 6.45) is 5.15. The van der Waals surface area contributed by atoms with E-state index in [4.69, 9.17) is 4.74 Å². The second kappa shape index (κ2) is 5.53. The molecule has 17 heavy (non-hydrogen) atoms. The lowest BCUT2D eigenvalue weighted by Crippen LogP contribution is -2.10. The van der Waals surface area contributed by atoms with Crippen molar-refractivity contribution in [1.29, 1.82) is 0 Å². The van der Waals surface area contributed by atoms with E-state index in [-0.39, 0.29) is 5.41 Å². The molecule has 0 aromatic heterocycles. The van der Waals surface area contributed by atoms with E-state index >= 15 is 0 Å². The fourth-order valence-corrected chi connectivity index (χ4v) is 1.42. The van der Waals surface area contributed by atoms with E-state index in [2.05, 4.69) is 46.1 Å². The summed E-state index contributed by atoms with van der Waals surface area (Å²) in [5.74, 6) is 1.52. The minimum atomic E-state index is 0.121. The van der Waals surface area contributed by atoms with Crippen molar-refractivity contribution in [3.63, 3.8) is 0 Å². The van der Waals surface area contributed by atoms with Gasteiger partial charge < -0.3 is 4.74 Å². The minimum absolute atomic E-state index is 0.121. The topological polar surface area (TPSA) is 9.23 Å². The Balaban J connectivity index is 2.97. The van der Waals surface area contributed by atoms with Crippen molar-refractivity contribution in [3.8, 4) is 5.75 Å². The SMILES string of the molecule is C=C/C=C(\C=C)Oc1cccc(C(C)(C)C)c1. The van der Waals surface area contributed by atoms with Crippen LogP contribution in [0.15, 0.2) is 61.4 Å². The molecule has 0 unspecified atom stereocenters. The number of rotatable bonds is 4. The van der Waals surface area contributed by atoms with Crippen LogP contribution >= 0.6 is 0 Å². The zero-order chi connectivity index (χ0) is 12.9. The molecule has 0 atom stereocenters. The van der Waals surface area contributed by atoms with Gasteiger partial charge in [0.15, 0.2) is 0 Å². The van der Waals surface area contributed by atoms with Crippen molar-refractivity contribution in [2.75, 3.05) is 0 Å². The van der Waals surface area contributed by atoms with Crippen LogP contribution < -0.4 is 4.74 Å². The normalized spacial score (nSPS) is 12.1. The van der Waals surface area contributed by atoms with Gasteiger partial charge in [0.1, 0.15) is 11.5 Å². The highest BCUT2D eigenvalue weighted by Crippen LogP contribution is 2.26. The van der Waals surface area contributed by atoms with Gasteiger partial charge in [0, 0.05) is 0 Å². The lowest BCUT2D eigenvalue weighted by atomic mass is 9.87. The van der Waals surface area contributed by atoms with Crippen LogP contribution in [-0.2, 0) is 5.41 Å². The summed E-state index contributed by atoms with van der Waals surface area (Å²) < 4.78 is 5.71. The number of ether oxygens (including phenoxy) is 1. The fraction of sp³-hybridized carbons (Fsp3) is 0.250. The van der Waals surface area contributed by atoms with Gasteiger partial charge in [-0.2, -0.15) is 0 Å². The largest absolute Gasteiger partial charge is 0.457 e. The van der Waals surface area contributed by atoms with Gasteiger partial charge in [-0.15, -0.1) is 0 Å². The Morgan fingerprint density at radius 1 is 1.24 bits per heavy atom. The van der Waals surface area contributed by atoms with Crippen molar-refractivity contribution in [2.24, 2.45) is 0 Å². The highest BCUT2D eigenvalue weighted by Gasteiger charge is 2.13. The van der Waals surface area contributed by atoms with Gasteiger partial charge in [0.05, 0.1) is 0 Å². The molecule has 0 saturated carbocycles. The first-order valence-electron chi connectivity index (χ1n) is 5.71. The van der Waals surface area contributed by atoms with E-state index in [1.807, 2.05) is 12.1 Å². The summed E-state index contributed by atoms with van der Waals surface area (Å²) in [5.41, 5.74) is 1.37. The summed E-state index contributed by atoms with van der Waals surface area (Å²) in [7, 11) is 0. The average Bonchev–Trinajstić information content (AvgIpc) is 2.28. The Labute approximate surface area is 104 Å². The molecule has 0 aliphatic carbocycles. The third-order valence-corrected chi connectivity index (χ3v) is 2.42. The maximum Gasteiger partial charge on any atom is 0.127 e. The molecular formula is C16H20O. The number of allylic oxidation sites excluding steroid dienone is 3. The Morgan fingerprint density at radius 3 is 2.47 bits per heavy atom. The lowest BCUT2D eigenvalue weighted by molar-refractivity contribution is 0.442. The highest BCUT2D eigenvalue weighted by atomic mass is 16.5. The van der Waals surface area contributed by atoms with Crippen LogP contribution in [0.5, 0.6) is 5.75 Å². The molecule has 1 aromatic rings. The van der Waals surface area contributed by atoms with Gasteiger partial charge in [0.25, 0.3) is 0 Å². The fourth-order valence-electron chi connectivity index (χ4n) is 1.42. The minimum Gasteiger partial charge on any atom is -0.457 e. The molecule has 90 valence electrons. The molecule has 1 aromatic carbocycles. The van der Waals surface area contributed by atoms with Crippen LogP contribution in [0.4, 0.5) is 0 Å². The molecule has 0 aliphatic heterocycles. The van der Waals surface area contributed by atoms with Gasteiger partial charge in [0.2, 0.25) is 0 Å². The van der Waals surface area contributed by atoms with Crippen LogP contribution in [0.2, 0.25) is 0 Å². The molecule has 0 spiro atoms. The Morgan fingerprint density at radius 2 is 1.94 bits per heavy atom. The van der Waals surface area contributed by atoms with Crippen molar-refractivity contribution in [3.05, 3.63) is 67.0 Å². The second-order valence-electron chi connectivity index (χ2n) is 4.89. The van der Waals surface area contributed by atoms with Gasteiger partial charge >= 0.3 is 0 Å². The van der Waals surface area contributed by atoms with E-state index in [0.29, 0.717) is 5.76 Å². The summed E-state index contributed by atoms with van der Waals surface area (Å²) in [6, 6.07) is 8.11. The monoisotopic (exact) mass is 228 g/mol. The summed E-state index contributed by atoms with van der Waals surface area (Å²) >= 11 is 0. The number of hydrogen-bond donors (Lipinski definition) is 0. The maximum atomic E-state index is 5.71. The Hall–Kier alpha value is -1.76. The Bertz CT molecular complexity index is 433. The van der Waals surface area contributed by atoms with E-state index < -0.39 is 0 Å². The predicted octanol–water partition coefficient (Wildman–Crippen LogP) is 4.62. The van der Waals surface area contributed by atoms with Crippen molar-refractivity contribution < 1.29 is 4.74 Å². The van der Waals surface area contributed by atoms with E-state index in [1.165, 1.54) is 5.56 Å². The standard InChI is InChI=1S/C16H20O/c1-6-9-14(7-2)17-15-11-8-10-13(12-15)16(3,4)5/h6-12H,1-2H2,3-5H3/b14-9+. The molecule has 0 saturated heterocycles. The van der Waals surface area contributed by atoms with Crippen LogP contribution in [0.25, 0.3) is 0 Å². The molecule has 0 N–H and O–H groups in total. The van der Waals surface area contributed by atoms with Crippen molar-refractivity contribution >= 4 is 0 Å². The van der Waals surface area contributed by atoms with Gasteiger partial charge in [-0.1, -0.05) is 52.1 Å². The smallest absolute Gasteiger partial charge is 0.127 e. The molecule has 0 bridgehead atoms. The molecule has 0 heterocycles. The summed E-state index contributed by atoms with van der Waals surface area (Å²) in [4.78, 5) is 0. The lowest BCUT2D eigenvalue weighted by Gasteiger charge is -2.19. The third kappa shape index (κ3) is 3.95. The molecule has 1 heteroatoms. The summed E-state index contributed by atoms with van der Waals surface area (Å²) in [6.45, 7) is 13.9. The van der Waals surface area contributed by atoms with Crippen molar-refractivity contribution in [2.45, 2.75) is 26.2 Å². The van der Waals surface area contributed by atoms with E-state index in [0.717, 1.165) is 5.75 Å². The zero-order valence-electron chi connectivity index (χ0n) is 10.9. The Kier molecular flexibility index (Phi) is 4.33. The molecular weight excluding hydrogens is 208 g/mol. The van der Waals surface area contributed by atoms with E-state index in [1.54, 1.807) is 18.2 Å². The first kappa shape index (κ1) is 13.3. The van der Waals surface area contributed by atoms with Crippen LogP contribution in [0, 0.1) is 0 Å². The van der Waals surface area contributed by atoms with Gasteiger partial charge in [-0.25, -0.2) is 0 Å². The second-order valence-corrected chi connectivity index (χ2v) is 4.89. The van der Waals surface area contributed by atoms with Crippen molar-refractivity contribution in [1.82, 2.24) is 0 Å². The first-order chi connectivity index (χ1) is 7.97. The predicted molar refractivity (Wildman–Crippen MR) is 74.2 cm³/mol. The summed E-state index contributed by atoms with van der Waals surface area (Å²) in [5, 5.41) is 0. The van der Waals surface area contributed by atoms with Crippen LogP contribution in [0.3, 0.4) is 0 Å². The van der Waals surface area contributed by atoms with Gasteiger partial charge in [-0.05, 0) is 35.3 Å². The number of benzene rings is 1. The van der Waals surface area contributed by atoms with Crippen LogP contribution in [0.1, 0.15) is 26.3 Å². The van der Waals surface area contributed by atoms with Crippen LogP contribution in [-0.4, -0.2) is 0 Å². The number of hydrogen-bond acceptors (Lipinski definition) is 1. The quantitative estimate of drug-likeness (QED) is 0.539. The molecule has 1 rings (SSSR count). The molecule has 1 nitrogen and oxygen atoms in total.